The van der Waals surface area contributed by atoms with Crippen LogP contribution in [0.4, 0.5) is 0 Å². The highest BCUT2D eigenvalue weighted by Gasteiger charge is 2.20. The van der Waals surface area contributed by atoms with Gasteiger partial charge in [0.2, 0.25) is 12.2 Å². The van der Waals surface area contributed by atoms with Gasteiger partial charge in [-0.05, 0) is 30.3 Å². The molecule has 0 spiro atoms. The number of aromatic nitrogens is 4. The Hall–Kier alpha value is -4.29. The number of primary amides is 1. The molecule has 33 heavy (non-hydrogen) atoms. The molecule has 0 saturated carbocycles. The molecule has 3 aromatic rings. The molecule has 9 heteroatoms. The predicted molar refractivity (Wildman–Crippen MR) is 124 cm³/mol. The third-order valence-corrected chi connectivity index (χ3v) is 4.97. The van der Waals surface area contributed by atoms with Crippen LogP contribution in [-0.4, -0.2) is 61.3 Å². The van der Waals surface area contributed by atoms with E-state index in [1.54, 1.807) is 55.3 Å². The van der Waals surface area contributed by atoms with Crippen LogP contribution in [0.5, 0.6) is 0 Å². The monoisotopic (exact) mass is 444 g/mol. The number of amides is 2. The Bertz CT molecular complexity index is 1260. The molecule has 0 bridgehead atoms. The van der Waals surface area contributed by atoms with Crippen LogP contribution in [0.3, 0.4) is 0 Å². The fraction of sp³-hybridized carbons (Fsp3) is 0.208. The molecule has 2 heterocycles. The summed E-state index contributed by atoms with van der Waals surface area (Å²) >= 11 is 0. The van der Waals surface area contributed by atoms with Gasteiger partial charge in [0, 0.05) is 44.4 Å². The number of nitrogens with zero attached hydrogens (tertiary/aromatic N) is 5. The maximum absolute atomic E-state index is 11.8. The van der Waals surface area contributed by atoms with E-state index < -0.39 is 11.5 Å². The Morgan fingerprint density at radius 3 is 2.70 bits per heavy atom. The number of hydrogen-bond donors (Lipinski definition) is 2. The van der Waals surface area contributed by atoms with Crippen molar-refractivity contribution in [3.63, 3.8) is 0 Å². The number of rotatable bonds is 8. The van der Waals surface area contributed by atoms with Gasteiger partial charge in [-0.1, -0.05) is 30.6 Å². The van der Waals surface area contributed by atoms with Crippen LogP contribution in [0.15, 0.2) is 55.3 Å². The van der Waals surface area contributed by atoms with E-state index in [0.717, 1.165) is 0 Å². The summed E-state index contributed by atoms with van der Waals surface area (Å²) in [5, 5.41) is 14.8. The molecule has 1 unspecified atom stereocenters. The van der Waals surface area contributed by atoms with Crippen molar-refractivity contribution in [3.05, 3.63) is 66.6 Å². The number of hydrogen-bond acceptors (Lipinski definition) is 6. The highest BCUT2D eigenvalue weighted by Crippen LogP contribution is 2.24. The van der Waals surface area contributed by atoms with Gasteiger partial charge in [0.15, 0.2) is 0 Å². The van der Waals surface area contributed by atoms with Gasteiger partial charge in [0.05, 0.1) is 17.1 Å². The van der Waals surface area contributed by atoms with Crippen LogP contribution in [-0.2, 0) is 11.8 Å². The molecule has 0 aliphatic heterocycles. The van der Waals surface area contributed by atoms with Crippen molar-refractivity contribution in [2.24, 2.45) is 12.8 Å². The topological polar surface area (TPSA) is 127 Å². The van der Waals surface area contributed by atoms with Gasteiger partial charge in [-0.25, -0.2) is 9.97 Å². The number of aliphatic hydroxyl groups is 1. The summed E-state index contributed by atoms with van der Waals surface area (Å²) in [6.07, 6.45) is 3.89. The van der Waals surface area contributed by atoms with Gasteiger partial charge in [-0.15, -0.1) is 0 Å². The highest BCUT2D eigenvalue weighted by atomic mass is 16.3. The largest absolute Gasteiger partial charge is 0.374 e. The van der Waals surface area contributed by atoms with Crippen molar-refractivity contribution in [1.82, 2.24) is 24.6 Å². The van der Waals surface area contributed by atoms with Crippen LogP contribution in [0.1, 0.15) is 22.6 Å². The second kappa shape index (κ2) is 9.89. The first kappa shape index (κ1) is 23.4. The lowest BCUT2D eigenvalue weighted by atomic mass is 9.99. The van der Waals surface area contributed by atoms with Crippen LogP contribution >= 0.6 is 0 Å². The molecule has 2 amide bonds. The van der Waals surface area contributed by atoms with Crippen LogP contribution in [0, 0.1) is 11.8 Å². The van der Waals surface area contributed by atoms with Gasteiger partial charge in [0.25, 0.3) is 5.91 Å². The molecule has 168 valence electrons. The zero-order chi connectivity index (χ0) is 24.0. The minimum atomic E-state index is -1.45. The number of carbonyl (C=O) groups excluding carboxylic acids is 2. The van der Waals surface area contributed by atoms with E-state index in [1.165, 1.54) is 11.0 Å². The Morgan fingerprint density at radius 2 is 2.06 bits per heavy atom. The minimum Gasteiger partial charge on any atom is -0.374 e. The Balaban J connectivity index is 1.97. The molecular weight excluding hydrogens is 420 g/mol. The summed E-state index contributed by atoms with van der Waals surface area (Å²) in [5.41, 5.74) is 7.01. The number of aryl methyl sites for hydroxylation is 1. The molecule has 0 radical (unpaired) electrons. The highest BCUT2D eigenvalue weighted by molar-refractivity contribution is 5.90. The lowest BCUT2D eigenvalue weighted by molar-refractivity contribution is -0.117. The molecule has 0 aliphatic carbocycles. The van der Waals surface area contributed by atoms with Gasteiger partial charge >= 0.3 is 0 Å². The lowest BCUT2D eigenvalue weighted by Crippen LogP contribution is -2.30. The molecular formula is C24H24N6O3. The molecule has 3 N–H and O–H groups in total. The van der Waals surface area contributed by atoms with Gasteiger partial charge < -0.3 is 15.7 Å². The first-order chi connectivity index (χ1) is 15.7. The normalized spacial score (nSPS) is 12.2. The SMILES string of the molecule is C=CC(O)(C#Cc1cccc(-c2cc(-c3ccnn3C)nc(C(N)=O)n2)c1)CCN(C)C=O. The number of benzene rings is 1. The van der Waals surface area contributed by atoms with Crippen LogP contribution in [0.2, 0.25) is 0 Å². The van der Waals surface area contributed by atoms with Gasteiger partial charge in [-0.3, -0.25) is 14.3 Å². The smallest absolute Gasteiger partial charge is 0.286 e. The minimum absolute atomic E-state index is 0.111. The Labute approximate surface area is 191 Å². The maximum atomic E-state index is 11.8. The lowest BCUT2D eigenvalue weighted by Gasteiger charge is -2.20. The zero-order valence-electron chi connectivity index (χ0n) is 18.4. The van der Waals surface area contributed by atoms with Crippen molar-refractivity contribution in [3.8, 4) is 34.5 Å². The van der Waals surface area contributed by atoms with Gasteiger partial charge in [-0.2, -0.15) is 5.10 Å². The summed E-state index contributed by atoms with van der Waals surface area (Å²) < 4.78 is 1.64. The van der Waals surface area contributed by atoms with E-state index in [1.807, 2.05) is 6.07 Å². The Kier molecular flexibility index (Phi) is 7.00. The van der Waals surface area contributed by atoms with Crippen molar-refractivity contribution < 1.29 is 14.7 Å². The molecule has 9 nitrogen and oxygen atoms in total. The molecule has 3 rings (SSSR count). The third-order valence-electron chi connectivity index (χ3n) is 4.97. The molecule has 1 atom stereocenters. The zero-order valence-corrected chi connectivity index (χ0v) is 18.4. The Morgan fingerprint density at radius 1 is 1.30 bits per heavy atom. The average molecular weight is 444 g/mol. The second-order valence-corrected chi connectivity index (χ2v) is 7.46. The van der Waals surface area contributed by atoms with E-state index in [4.69, 9.17) is 5.73 Å². The van der Waals surface area contributed by atoms with Crippen molar-refractivity contribution >= 4 is 12.3 Å². The van der Waals surface area contributed by atoms with Crippen LogP contribution < -0.4 is 5.73 Å². The molecule has 1 aromatic carbocycles. The molecule has 2 aromatic heterocycles. The first-order valence-electron chi connectivity index (χ1n) is 10.1. The summed E-state index contributed by atoms with van der Waals surface area (Å²) in [4.78, 5) is 32.6. The van der Waals surface area contributed by atoms with E-state index in [0.29, 0.717) is 41.2 Å². The van der Waals surface area contributed by atoms with Crippen molar-refractivity contribution in [2.45, 2.75) is 12.0 Å². The summed E-state index contributed by atoms with van der Waals surface area (Å²) in [5.74, 6) is 4.91. The van der Waals surface area contributed by atoms with E-state index in [2.05, 4.69) is 33.5 Å². The maximum Gasteiger partial charge on any atom is 0.286 e. The standard InChI is InChI=1S/C24H24N6O3/c1-4-24(33,11-13-29(2)16-31)10-8-17-6-5-7-18(14-17)19-15-20(21-9-12-26-30(21)3)28-23(27-19)22(25)32/h4-7,9,12,14-16,33H,1,11,13H2,2-3H3,(H2,25,32). The first-order valence-corrected chi connectivity index (χ1v) is 10.1. The average Bonchev–Trinajstić information content (AvgIpc) is 3.27. The molecule has 0 aliphatic rings. The summed E-state index contributed by atoms with van der Waals surface area (Å²) in [7, 11) is 3.39. The fourth-order valence-electron chi connectivity index (χ4n) is 3.01. The van der Waals surface area contributed by atoms with Crippen LogP contribution in [0.25, 0.3) is 22.6 Å². The van der Waals surface area contributed by atoms with Crippen molar-refractivity contribution in [2.75, 3.05) is 13.6 Å². The van der Waals surface area contributed by atoms with E-state index >= 15 is 0 Å². The van der Waals surface area contributed by atoms with Crippen molar-refractivity contribution in [1.29, 1.82) is 0 Å². The fourth-order valence-corrected chi connectivity index (χ4v) is 3.01. The van der Waals surface area contributed by atoms with E-state index in [-0.39, 0.29) is 12.2 Å². The second-order valence-electron chi connectivity index (χ2n) is 7.46. The summed E-state index contributed by atoms with van der Waals surface area (Å²) in [6, 6.07) is 10.7. The number of carbonyl (C=O) groups is 2. The third kappa shape index (κ3) is 5.70. The summed E-state index contributed by atoms with van der Waals surface area (Å²) in [6.45, 7) is 3.98. The van der Waals surface area contributed by atoms with Gasteiger partial charge in [0.1, 0.15) is 5.60 Å². The number of nitrogens with two attached hydrogens (primary N) is 1. The molecule has 0 fully saturated rings. The predicted octanol–water partition coefficient (Wildman–Crippen LogP) is 1.39. The van der Waals surface area contributed by atoms with E-state index in [9.17, 15) is 14.7 Å². The molecule has 0 saturated heterocycles. The quantitative estimate of drug-likeness (QED) is 0.307.